The van der Waals surface area contributed by atoms with Crippen LogP contribution in [0.15, 0.2) is 54.7 Å². The second-order valence-corrected chi connectivity index (χ2v) is 5.34. The molecule has 0 fully saturated rings. The first kappa shape index (κ1) is 13.5. The SMILES string of the molecule is Cc1cc(Nc2cccc3cccnc23)ccc1C(N)=S. The molecule has 0 bridgehead atoms. The Morgan fingerprint density at radius 2 is 1.95 bits per heavy atom. The number of nitrogens with one attached hydrogen (secondary N) is 1. The summed E-state index contributed by atoms with van der Waals surface area (Å²) in [5, 5.41) is 4.52. The lowest BCUT2D eigenvalue weighted by molar-refractivity contribution is 1.39. The molecule has 2 aromatic carbocycles. The van der Waals surface area contributed by atoms with E-state index in [-0.39, 0.29) is 0 Å². The minimum Gasteiger partial charge on any atom is -0.389 e. The maximum absolute atomic E-state index is 5.69. The average molecular weight is 293 g/mol. The predicted molar refractivity (Wildman–Crippen MR) is 92.1 cm³/mol. The summed E-state index contributed by atoms with van der Waals surface area (Å²) in [6.45, 7) is 2.00. The van der Waals surface area contributed by atoms with Gasteiger partial charge in [-0.3, -0.25) is 4.98 Å². The van der Waals surface area contributed by atoms with Crippen molar-refractivity contribution in [2.45, 2.75) is 6.92 Å². The minimum atomic E-state index is 0.422. The third-order valence-corrected chi connectivity index (χ3v) is 3.62. The zero-order valence-corrected chi connectivity index (χ0v) is 12.4. The van der Waals surface area contributed by atoms with E-state index in [1.165, 1.54) is 0 Å². The molecule has 3 aromatic rings. The number of para-hydroxylation sites is 1. The summed E-state index contributed by atoms with van der Waals surface area (Å²) in [5.74, 6) is 0. The van der Waals surface area contributed by atoms with Crippen molar-refractivity contribution in [1.29, 1.82) is 0 Å². The van der Waals surface area contributed by atoms with Crippen LogP contribution in [-0.4, -0.2) is 9.97 Å². The maximum atomic E-state index is 5.69. The molecule has 21 heavy (non-hydrogen) atoms. The highest BCUT2D eigenvalue weighted by atomic mass is 32.1. The van der Waals surface area contributed by atoms with Gasteiger partial charge in [-0.05, 0) is 42.8 Å². The second-order valence-electron chi connectivity index (χ2n) is 4.90. The third-order valence-electron chi connectivity index (χ3n) is 3.40. The molecule has 3 N–H and O–H groups in total. The lowest BCUT2D eigenvalue weighted by Crippen LogP contribution is -2.11. The Hall–Kier alpha value is -2.46. The molecule has 3 nitrogen and oxygen atoms in total. The van der Waals surface area contributed by atoms with E-state index in [1.54, 1.807) is 6.20 Å². The highest BCUT2D eigenvalue weighted by molar-refractivity contribution is 7.80. The fourth-order valence-corrected chi connectivity index (χ4v) is 2.61. The van der Waals surface area contributed by atoms with Gasteiger partial charge in [-0.2, -0.15) is 0 Å². The van der Waals surface area contributed by atoms with Gasteiger partial charge in [0.05, 0.1) is 11.2 Å². The zero-order valence-electron chi connectivity index (χ0n) is 11.6. The van der Waals surface area contributed by atoms with E-state index in [1.807, 2.05) is 43.3 Å². The summed E-state index contributed by atoms with van der Waals surface area (Å²) in [6.07, 6.45) is 1.80. The number of benzene rings is 2. The Bertz CT molecular complexity index is 822. The molecule has 0 aliphatic heterocycles. The first-order valence-corrected chi connectivity index (χ1v) is 7.07. The smallest absolute Gasteiger partial charge is 0.104 e. The molecule has 0 aliphatic rings. The number of hydrogen-bond acceptors (Lipinski definition) is 3. The van der Waals surface area contributed by atoms with Crippen LogP contribution in [0.4, 0.5) is 11.4 Å². The number of nitrogens with two attached hydrogens (primary N) is 1. The summed E-state index contributed by atoms with van der Waals surface area (Å²) in [4.78, 5) is 4.86. The van der Waals surface area contributed by atoms with Gasteiger partial charge in [0.15, 0.2) is 0 Å². The standard InChI is InChI=1S/C17H15N3S/c1-11-10-13(7-8-14(11)17(18)21)20-15-6-2-4-12-5-3-9-19-16(12)15/h2-10,20H,1H3,(H2,18,21). The summed E-state index contributed by atoms with van der Waals surface area (Å²) in [5.41, 5.74) is 10.6. The van der Waals surface area contributed by atoms with E-state index in [2.05, 4.69) is 22.4 Å². The number of rotatable bonds is 3. The van der Waals surface area contributed by atoms with Gasteiger partial charge in [0.1, 0.15) is 4.99 Å². The van der Waals surface area contributed by atoms with Gasteiger partial charge in [0.25, 0.3) is 0 Å². The van der Waals surface area contributed by atoms with E-state index >= 15 is 0 Å². The molecule has 1 heterocycles. The molecule has 4 heteroatoms. The molecule has 1 aromatic heterocycles. The molecule has 0 saturated carbocycles. The zero-order chi connectivity index (χ0) is 14.8. The highest BCUT2D eigenvalue weighted by Gasteiger charge is 2.05. The first-order valence-electron chi connectivity index (χ1n) is 6.66. The number of nitrogens with zero attached hydrogens (tertiary/aromatic N) is 1. The summed E-state index contributed by atoms with van der Waals surface area (Å²) in [6, 6.07) is 16.0. The highest BCUT2D eigenvalue weighted by Crippen LogP contribution is 2.25. The van der Waals surface area contributed by atoms with Crippen molar-refractivity contribution in [3.8, 4) is 0 Å². The van der Waals surface area contributed by atoms with Crippen LogP contribution in [0, 0.1) is 6.92 Å². The van der Waals surface area contributed by atoms with E-state index < -0.39 is 0 Å². The van der Waals surface area contributed by atoms with Crippen molar-refractivity contribution in [2.24, 2.45) is 5.73 Å². The van der Waals surface area contributed by atoms with Crippen LogP contribution in [-0.2, 0) is 0 Å². The van der Waals surface area contributed by atoms with E-state index in [0.29, 0.717) is 4.99 Å². The van der Waals surface area contributed by atoms with Gasteiger partial charge >= 0.3 is 0 Å². The van der Waals surface area contributed by atoms with Gasteiger partial charge in [0, 0.05) is 22.8 Å². The number of fused-ring (bicyclic) bond motifs is 1. The molecule has 0 atom stereocenters. The van der Waals surface area contributed by atoms with Crippen LogP contribution in [0.2, 0.25) is 0 Å². The van der Waals surface area contributed by atoms with Crippen molar-refractivity contribution < 1.29 is 0 Å². The number of hydrogen-bond donors (Lipinski definition) is 2. The topological polar surface area (TPSA) is 50.9 Å². The summed E-state index contributed by atoms with van der Waals surface area (Å²) >= 11 is 5.03. The molecule has 0 saturated heterocycles. The maximum Gasteiger partial charge on any atom is 0.104 e. The molecule has 0 aliphatic carbocycles. The lowest BCUT2D eigenvalue weighted by atomic mass is 10.1. The Balaban J connectivity index is 1.99. The normalized spacial score (nSPS) is 10.5. The molecule has 0 radical (unpaired) electrons. The number of aryl methyl sites for hydroxylation is 1. The predicted octanol–water partition coefficient (Wildman–Crippen LogP) is 3.92. The largest absolute Gasteiger partial charge is 0.389 e. The van der Waals surface area contributed by atoms with Crippen molar-refractivity contribution in [3.63, 3.8) is 0 Å². The fraction of sp³-hybridized carbons (Fsp3) is 0.0588. The van der Waals surface area contributed by atoms with Gasteiger partial charge < -0.3 is 11.1 Å². The first-order chi connectivity index (χ1) is 10.1. The number of aromatic nitrogens is 1. The van der Waals surface area contributed by atoms with Crippen molar-refractivity contribution in [1.82, 2.24) is 4.98 Å². The monoisotopic (exact) mass is 293 g/mol. The van der Waals surface area contributed by atoms with Gasteiger partial charge in [-0.25, -0.2) is 0 Å². The minimum absolute atomic E-state index is 0.422. The summed E-state index contributed by atoms with van der Waals surface area (Å²) < 4.78 is 0. The van der Waals surface area contributed by atoms with Gasteiger partial charge in [-0.1, -0.05) is 30.4 Å². The van der Waals surface area contributed by atoms with Crippen molar-refractivity contribution >= 4 is 39.5 Å². The Morgan fingerprint density at radius 3 is 2.71 bits per heavy atom. The Kier molecular flexibility index (Phi) is 3.54. The number of pyridine rings is 1. The summed E-state index contributed by atoms with van der Waals surface area (Å²) in [7, 11) is 0. The molecule has 0 amide bonds. The van der Waals surface area contributed by atoms with Crippen molar-refractivity contribution in [2.75, 3.05) is 5.32 Å². The quantitative estimate of drug-likeness (QED) is 0.719. The van der Waals surface area contributed by atoms with E-state index in [0.717, 1.165) is 33.4 Å². The van der Waals surface area contributed by atoms with E-state index in [9.17, 15) is 0 Å². The molecule has 0 unspecified atom stereocenters. The molecule has 104 valence electrons. The molecule has 3 rings (SSSR count). The fourth-order valence-electron chi connectivity index (χ4n) is 2.38. The van der Waals surface area contributed by atoms with Gasteiger partial charge in [-0.15, -0.1) is 0 Å². The molecular weight excluding hydrogens is 278 g/mol. The van der Waals surface area contributed by atoms with E-state index in [4.69, 9.17) is 18.0 Å². The lowest BCUT2D eigenvalue weighted by Gasteiger charge is -2.11. The third kappa shape index (κ3) is 2.71. The van der Waals surface area contributed by atoms with Crippen LogP contribution in [0.25, 0.3) is 10.9 Å². The van der Waals surface area contributed by atoms with Crippen molar-refractivity contribution in [3.05, 3.63) is 65.9 Å². The number of thiocarbonyl (C=S) groups is 1. The Labute approximate surface area is 128 Å². The molecule has 0 spiro atoms. The van der Waals surface area contributed by atoms with Crippen LogP contribution in [0.5, 0.6) is 0 Å². The molecular formula is C17H15N3S. The van der Waals surface area contributed by atoms with Crippen LogP contribution >= 0.6 is 12.2 Å². The average Bonchev–Trinajstić information content (AvgIpc) is 2.47. The second kappa shape index (κ2) is 5.50. The van der Waals surface area contributed by atoms with Crippen LogP contribution in [0.3, 0.4) is 0 Å². The van der Waals surface area contributed by atoms with Crippen LogP contribution in [0.1, 0.15) is 11.1 Å². The van der Waals surface area contributed by atoms with Gasteiger partial charge in [0.2, 0.25) is 0 Å². The van der Waals surface area contributed by atoms with Crippen LogP contribution < -0.4 is 11.1 Å². The Morgan fingerprint density at radius 1 is 1.14 bits per heavy atom. The number of anilines is 2.